The highest BCUT2D eigenvalue weighted by Gasteiger charge is 2.32. The predicted octanol–water partition coefficient (Wildman–Crippen LogP) is 3.06. The van der Waals surface area contributed by atoms with Crippen molar-refractivity contribution < 1.29 is 9.53 Å². The smallest absolute Gasteiger partial charge is 0.276 e. The molecule has 1 aliphatic rings. The standard InChI is InChI=1S/C20H25N7O2/c1-12-22-24-25-26(12)17-10-14(8-9-18(17)29-5)21-19(28)15-11-16(13-6-7-13)27(23-15)20(2,3)4/h8-11,13H,6-7H2,1-5H3,(H,21,28). The molecule has 0 radical (unpaired) electrons. The van der Waals surface area contributed by atoms with Crippen LogP contribution in [0.3, 0.4) is 0 Å². The topological polar surface area (TPSA) is 99.8 Å². The third kappa shape index (κ3) is 3.72. The van der Waals surface area contributed by atoms with E-state index in [4.69, 9.17) is 4.74 Å². The van der Waals surface area contributed by atoms with Crippen LogP contribution in [0.5, 0.6) is 5.75 Å². The van der Waals surface area contributed by atoms with Crippen molar-refractivity contribution in [2.45, 2.75) is 52.0 Å². The highest BCUT2D eigenvalue weighted by atomic mass is 16.5. The molecule has 0 aliphatic heterocycles. The second-order valence-electron chi connectivity index (χ2n) is 8.29. The van der Waals surface area contributed by atoms with Gasteiger partial charge in [0.1, 0.15) is 11.4 Å². The van der Waals surface area contributed by atoms with Crippen molar-refractivity contribution in [3.8, 4) is 11.4 Å². The van der Waals surface area contributed by atoms with Crippen LogP contribution in [0.4, 0.5) is 5.69 Å². The van der Waals surface area contributed by atoms with E-state index in [0.29, 0.717) is 34.6 Å². The minimum atomic E-state index is -0.251. The van der Waals surface area contributed by atoms with E-state index in [-0.39, 0.29) is 11.4 Å². The van der Waals surface area contributed by atoms with Crippen LogP contribution < -0.4 is 10.1 Å². The Balaban J connectivity index is 1.63. The number of ether oxygens (including phenoxy) is 1. The Morgan fingerprint density at radius 3 is 2.59 bits per heavy atom. The zero-order valence-electron chi connectivity index (χ0n) is 17.3. The largest absolute Gasteiger partial charge is 0.494 e. The van der Waals surface area contributed by atoms with Crippen LogP contribution in [-0.2, 0) is 5.54 Å². The summed E-state index contributed by atoms with van der Waals surface area (Å²) in [5.74, 6) is 1.47. The molecule has 1 aromatic carbocycles. The summed E-state index contributed by atoms with van der Waals surface area (Å²) in [5, 5.41) is 19.1. The molecule has 3 aromatic rings. The van der Waals surface area contributed by atoms with Crippen molar-refractivity contribution in [2.24, 2.45) is 0 Å². The monoisotopic (exact) mass is 395 g/mol. The fourth-order valence-corrected chi connectivity index (χ4v) is 3.30. The fourth-order valence-electron chi connectivity index (χ4n) is 3.30. The molecular weight excluding hydrogens is 370 g/mol. The van der Waals surface area contributed by atoms with E-state index in [9.17, 15) is 4.79 Å². The second kappa shape index (κ2) is 6.98. The molecule has 1 saturated carbocycles. The first-order chi connectivity index (χ1) is 13.8. The van der Waals surface area contributed by atoms with Gasteiger partial charge in [-0.2, -0.15) is 9.78 Å². The Bertz CT molecular complexity index is 1060. The van der Waals surface area contributed by atoms with Gasteiger partial charge in [0.15, 0.2) is 11.5 Å². The summed E-state index contributed by atoms with van der Waals surface area (Å²) >= 11 is 0. The number of aryl methyl sites for hydroxylation is 1. The maximum absolute atomic E-state index is 12.9. The van der Waals surface area contributed by atoms with Gasteiger partial charge in [0, 0.05) is 17.3 Å². The van der Waals surface area contributed by atoms with Gasteiger partial charge in [0.2, 0.25) is 0 Å². The normalized spacial score (nSPS) is 14.1. The Kier molecular flexibility index (Phi) is 4.60. The number of nitrogens with one attached hydrogen (secondary N) is 1. The number of carbonyl (C=O) groups is 1. The van der Waals surface area contributed by atoms with Gasteiger partial charge in [-0.15, -0.1) is 5.10 Å². The van der Waals surface area contributed by atoms with E-state index < -0.39 is 0 Å². The maximum Gasteiger partial charge on any atom is 0.276 e. The van der Waals surface area contributed by atoms with Crippen LogP contribution in [0.1, 0.15) is 61.5 Å². The molecule has 4 rings (SSSR count). The summed E-state index contributed by atoms with van der Waals surface area (Å²) in [4.78, 5) is 12.9. The molecule has 9 heteroatoms. The van der Waals surface area contributed by atoms with E-state index >= 15 is 0 Å². The highest BCUT2D eigenvalue weighted by molar-refractivity contribution is 6.03. The van der Waals surface area contributed by atoms with Gasteiger partial charge in [-0.05, 0) is 75.2 Å². The van der Waals surface area contributed by atoms with Crippen LogP contribution in [0, 0.1) is 6.92 Å². The molecule has 1 fully saturated rings. The minimum Gasteiger partial charge on any atom is -0.494 e. The van der Waals surface area contributed by atoms with Gasteiger partial charge in [-0.3, -0.25) is 9.48 Å². The lowest BCUT2D eigenvalue weighted by atomic mass is 10.1. The minimum absolute atomic E-state index is 0.179. The fraction of sp³-hybridized carbons (Fsp3) is 0.450. The molecule has 9 nitrogen and oxygen atoms in total. The third-order valence-electron chi connectivity index (χ3n) is 4.89. The number of amides is 1. The molecule has 0 spiro atoms. The number of tetrazole rings is 1. The summed E-state index contributed by atoms with van der Waals surface area (Å²) in [7, 11) is 1.58. The molecule has 29 heavy (non-hydrogen) atoms. The Morgan fingerprint density at radius 2 is 2.00 bits per heavy atom. The van der Waals surface area contributed by atoms with Crippen molar-refractivity contribution in [1.29, 1.82) is 0 Å². The van der Waals surface area contributed by atoms with Gasteiger partial charge >= 0.3 is 0 Å². The summed E-state index contributed by atoms with van der Waals surface area (Å²) in [5.41, 5.74) is 2.62. The number of carbonyl (C=O) groups excluding carboxylic acids is 1. The predicted molar refractivity (Wildman–Crippen MR) is 108 cm³/mol. The first-order valence-corrected chi connectivity index (χ1v) is 9.63. The molecule has 2 heterocycles. The van der Waals surface area contributed by atoms with Crippen molar-refractivity contribution in [1.82, 2.24) is 30.0 Å². The van der Waals surface area contributed by atoms with Gasteiger partial charge < -0.3 is 10.1 Å². The maximum atomic E-state index is 12.9. The Morgan fingerprint density at radius 1 is 1.24 bits per heavy atom. The summed E-state index contributed by atoms with van der Waals surface area (Å²) in [6, 6.07) is 7.24. The lowest BCUT2D eigenvalue weighted by molar-refractivity contribution is 0.102. The van der Waals surface area contributed by atoms with E-state index in [1.807, 2.05) is 10.7 Å². The molecule has 2 aromatic heterocycles. The third-order valence-corrected chi connectivity index (χ3v) is 4.89. The molecule has 0 bridgehead atoms. The first-order valence-electron chi connectivity index (χ1n) is 9.63. The van der Waals surface area contributed by atoms with Crippen molar-refractivity contribution in [3.05, 3.63) is 41.5 Å². The lowest BCUT2D eigenvalue weighted by Crippen LogP contribution is -2.25. The van der Waals surface area contributed by atoms with Crippen LogP contribution in [0.25, 0.3) is 5.69 Å². The molecule has 1 amide bonds. The van der Waals surface area contributed by atoms with Crippen LogP contribution in [0.2, 0.25) is 0 Å². The molecule has 1 aliphatic carbocycles. The summed E-state index contributed by atoms with van der Waals surface area (Å²) in [6.45, 7) is 8.08. The van der Waals surface area contributed by atoms with Crippen molar-refractivity contribution in [2.75, 3.05) is 12.4 Å². The average molecular weight is 395 g/mol. The first kappa shape index (κ1) is 19.1. The highest BCUT2D eigenvalue weighted by Crippen LogP contribution is 2.41. The van der Waals surface area contributed by atoms with Gasteiger partial charge in [-0.1, -0.05) is 0 Å². The van der Waals surface area contributed by atoms with Gasteiger partial charge in [0.05, 0.1) is 12.6 Å². The number of hydrogen-bond acceptors (Lipinski definition) is 6. The number of hydrogen-bond donors (Lipinski definition) is 1. The number of benzene rings is 1. The zero-order chi connectivity index (χ0) is 20.8. The average Bonchev–Trinajstić information content (AvgIpc) is 3.25. The number of aromatic nitrogens is 6. The molecule has 0 atom stereocenters. The molecule has 152 valence electrons. The van der Waals surface area contributed by atoms with E-state index in [2.05, 4.69) is 46.7 Å². The van der Waals surface area contributed by atoms with Crippen LogP contribution in [0.15, 0.2) is 24.3 Å². The van der Waals surface area contributed by atoms with E-state index in [0.717, 1.165) is 18.5 Å². The molecular formula is C20H25N7O2. The number of rotatable bonds is 5. The van der Waals surface area contributed by atoms with Gasteiger partial charge in [-0.25, -0.2) is 0 Å². The Hall–Kier alpha value is -3.23. The number of anilines is 1. The van der Waals surface area contributed by atoms with E-state index in [1.54, 1.807) is 36.9 Å². The second-order valence-corrected chi connectivity index (χ2v) is 8.29. The summed E-state index contributed by atoms with van der Waals surface area (Å²) in [6.07, 6.45) is 2.30. The van der Waals surface area contributed by atoms with E-state index in [1.165, 1.54) is 0 Å². The number of nitrogens with zero attached hydrogens (tertiary/aromatic N) is 6. The summed E-state index contributed by atoms with van der Waals surface area (Å²) < 4.78 is 8.95. The quantitative estimate of drug-likeness (QED) is 0.713. The van der Waals surface area contributed by atoms with Crippen molar-refractivity contribution in [3.63, 3.8) is 0 Å². The number of methoxy groups -OCH3 is 1. The molecule has 1 N–H and O–H groups in total. The van der Waals surface area contributed by atoms with Gasteiger partial charge in [0.25, 0.3) is 5.91 Å². The van der Waals surface area contributed by atoms with Crippen LogP contribution >= 0.6 is 0 Å². The lowest BCUT2D eigenvalue weighted by Gasteiger charge is -2.22. The SMILES string of the molecule is COc1ccc(NC(=O)c2cc(C3CC3)n(C(C)(C)C)n2)cc1-n1nnnc1C. The van der Waals surface area contributed by atoms with Crippen molar-refractivity contribution >= 4 is 11.6 Å². The van der Waals surface area contributed by atoms with Crippen LogP contribution in [-0.4, -0.2) is 43.0 Å². The Labute approximate surface area is 169 Å². The molecule has 0 saturated heterocycles. The molecule has 0 unspecified atom stereocenters. The zero-order valence-corrected chi connectivity index (χ0v) is 17.3.